The quantitative estimate of drug-likeness (QED) is 0.554. The zero-order valence-electron chi connectivity index (χ0n) is 11.4. The van der Waals surface area contributed by atoms with E-state index in [-0.39, 0.29) is 3.23 Å². The van der Waals surface area contributed by atoms with Gasteiger partial charge in [-0.25, -0.2) is 0 Å². The van der Waals surface area contributed by atoms with Crippen LogP contribution in [0.15, 0.2) is 84.6 Å². The van der Waals surface area contributed by atoms with E-state index in [2.05, 4.69) is 104 Å². The Morgan fingerprint density at radius 2 is 1.33 bits per heavy atom. The highest BCUT2D eigenvalue weighted by Gasteiger charge is 2.23. The molecule has 0 aromatic heterocycles. The molecule has 0 aliphatic heterocycles. The first-order valence-electron chi connectivity index (χ1n) is 6.83. The van der Waals surface area contributed by atoms with Crippen molar-refractivity contribution in [1.29, 1.82) is 0 Å². The molecule has 0 saturated heterocycles. The van der Waals surface area contributed by atoms with Crippen molar-refractivity contribution in [3.8, 4) is 0 Å². The molecule has 1 aliphatic rings. The molecule has 21 heavy (non-hydrogen) atoms. The standard InChI is InChI=1S/C18H15Br2N/c19-18(20)13-11-17(12-14-18)21(15-7-3-1-4-8-15)16-9-5-2-6-10-16/h1-13H,14H2. The molecule has 1 nitrogen and oxygen atoms in total. The van der Waals surface area contributed by atoms with Gasteiger partial charge in [-0.3, -0.25) is 0 Å². The Morgan fingerprint density at radius 3 is 1.76 bits per heavy atom. The van der Waals surface area contributed by atoms with Gasteiger partial charge in [-0.2, -0.15) is 0 Å². The van der Waals surface area contributed by atoms with E-state index in [9.17, 15) is 0 Å². The van der Waals surface area contributed by atoms with Crippen molar-refractivity contribution >= 4 is 43.2 Å². The number of allylic oxidation sites excluding steroid dienone is 3. The van der Waals surface area contributed by atoms with Crippen LogP contribution in [0.3, 0.4) is 0 Å². The van der Waals surface area contributed by atoms with Crippen molar-refractivity contribution in [2.45, 2.75) is 9.65 Å². The van der Waals surface area contributed by atoms with Gasteiger partial charge in [0.15, 0.2) is 0 Å². The van der Waals surface area contributed by atoms with E-state index in [1.807, 2.05) is 12.1 Å². The molecular weight excluding hydrogens is 390 g/mol. The van der Waals surface area contributed by atoms with Gasteiger partial charge in [0.1, 0.15) is 3.23 Å². The molecule has 0 unspecified atom stereocenters. The molecule has 3 rings (SSSR count). The summed E-state index contributed by atoms with van der Waals surface area (Å²) < 4.78 is -0.122. The zero-order chi connectivity index (χ0) is 14.7. The fourth-order valence-corrected chi connectivity index (χ4v) is 2.94. The molecule has 0 radical (unpaired) electrons. The summed E-state index contributed by atoms with van der Waals surface area (Å²) in [6, 6.07) is 20.9. The van der Waals surface area contributed by atoms with E-state index in [0.29, 0.717) is 0 Å². The molecule has 0 spiro atoms. The lowest BCUT2D eigenvalue weighted by Crippen LogP contribution is -2.19. The van der Waals surface area contributed by atoms with Gasteiger partial charge in [0.25, 0.3) is 0 Å². The van der Waals surface area contributed by atoms with E-state index in [0.717, 1.165) is 17.8 Å². The molecule has 0 amide bonds. The minimum atomic E-state index is -0.122. The third kappa shape index (κ3) is 3.47. The van der Waals surface area contributed by atoms with E-state index in [4.69, 9.17) is 0 Å². The summed E-state index contributed by atoms with van der Waals surface area (Å²) in [5.74, 6) is 0. The second kappa shape index (κ2) is 6.20. The van der Waals surface area contributed by atoms with Gasteiger partial charge in [-0.1, -0.05) is 80.4 Å². The van der Waals surface area contributed by atoms with Crippen LogP contribution in [0.25, 0.3) is 0 Å². The SMILES string of the molecule is BrC1(Br)C=CC(N(c2ccccc2)c2ccccc2)=CC1. The fraction of sp³-hybridized carbons (Fsp3) is 0.111. The topological polar surface area (TPSA) is 3.24 Å². The van der Waals surface area contributed by atoms with Gasteiger partial charge in [0.05, 0.1) is 0 Å². The first-order chi connectivity index (χ1) is 10.2. The van der Waals surface area contributed by atoms with Gasteiger partial charge in [0.2, 0.25) is 0 Å². The normalized spacial score (nSPS) is 16.4. The highest BCUT2D eigenvalue weighted by Crippen LogP contribution is 2.39. The number of halogens is 2. The van der Waals surface area contributed by atoms with Crippen LogP contribution in [0.1, 0.15) is 6.42 Å². The van der Waals surface area contributed by atoms with Crippen LogP contribution in [0, 0.1) is 0 Å². The zero-order valence-corrected chi connectivity index (χ0v) is 14.6. The van der Waals surface area contributed by atoms with E-state index >= 15 is 0 Å². The highest BCUT2D eigenvalue weighted by atomic mass is 79.9. The summed E-state index contributed by atoms with van der Waals surface area (Å²) in [6.07, 6.45) is 7.42. The fourth-order valence-electron chi connectivity index (χ4n) is 2.35. The first-order valence-corrected chi connectivity index (χ1v) is 8.42. The Kier molecular flexibility index (Phi) is 4.32. The van der Waals surface area contributed by atoms with Crippen LogP contribution in [0.4, 0.5) is 11.4 Å². The number of alkyl halides is 2. The van der Waals surface area contributed by atoms with Gasteiger partial charge < -0.3 is 4.90 Å². The summed E-state index contributed by atoms with van der Waals surface area (Å²) in [5.41, 5.74) is 3.51. The number of nitrogens with zero attached hydrogens (tertiary/aromatic N) is 1. The van der Waals surface area contributed by atoms with Crippen LogP contribution >= 0.6 is 31.9 Å². The Labute approximate surface area is 142 Å². The number of hydrogen-bond acceptors (Lipinski definition) is 1. The summed E-state index contributed by atoms with van der Waals surface area (Å²) in [4.78, 5) is 2.27. The average Bonchev–Trinajstić information content (AvgIpc) is 2.51. The third-order valence-electron chi connectivity index (χ3n) is 3.37. The van der Waals surface area contributed by atoms with Gasteiger partial charge >= 0.3 is 0 Å². The summed E-state index contributed by atoms with van der Waals surface area (Å²) >= 11 is 7.30. The van der Waals surface area contributed by atoms with Crippen LogP contribution in [-0.4, -0.2) is 3.23 Å². The molecule has 0 N–H and O–H groups in total. The van der Waals surface area contributed by atoms with Gasteiger partial charge in [-0.05, 0) is 36.8 Å². The lowest BCUT2D eigenvalue weighted by Gasteiger charge is -2.29. The molecule has 2 aromatic rings. The monoisotopic (exact) mass is 403 g/mol. The molecule has 2 aromatic carbocycles. The second-order valence-electron chi connectivity index (χ2n) is 4.93. The third-order valence-corrected chi connectivity index (χ3v) is 4.54. The lowest BCUT2D eigenvalue weighted by molar-refractivity contribution is 0.990. The maximum Gasteiger partial charge on any atom is 0.102 e. The molecule has 1 aliphatic carbocycles. The smallest absolute Gasteiger partial charge is 0.102 e. The first kappa shape index (κ1) is 14.6. The van der Waals surface area contributed by atoms with E-state index in [1.54, 1.807) is 0 Å². The minimum Gasteiger partial charge on any atom is -0.311 e. The molecule has 0 fully saturated rings. The molecule has 3 heteroatoms. The van der Waals surface area contributed by atoms with Crippen molar-refractivity contribution in [3.05, 3.63) is 84.6 Å². The van der Waals surface area contributed by atoms with Gasteiger partial charge in [0, 0.05) is 17.1 Å². The Morgan fingerprint density at radius 1 is 0.810 bits per heavy atom. The molecule has 0 bridgehead atoms. The largest absolute Gasteiger partial charge is 0.311 e. The summed E-state index contributed by atoms with van der Waals surface area (Å²) in [6.45, 7) is 0. The van der Waals surface area contributed by atoms with Crippen LogP contribution in [0.2, 0.25) is 0 Å². The van der Waals surface area contributed by atoms with Crippen molar-refractivity contribution < 1.29 is 0 Å². The maximum absolute atomic E-state index is 3.65. The van der Waals surface area contributed by atoms with Crippen molar-refractivity contribution in [2.75, 3.05) is 4.90 Å². The van der Waals surface area contributed by atoms with Crippen LogP contribution < -0.4 is 4.90 Å². The number of benzene rings is 2. The van der Waals surface area contributed by atoms with Crippen LogP contribution in [-0.2, 0) is 0 Å². The minimum absolute atomic E-state index is 0.122. The van der Waals surface area contributed by atoms with Crippen molar-refractivity contribution in [1.82, 2.24) is 0 Å². The Hall–Kier alpha value is -1.32. The predicted molar refractivity (Wildman–Crippen MR) is 97.4 cm³/mol. The number of hydrogen-bond donors (Lipinski definition) is 0. The molecule has 106 valence electrons. The Balaban J connectivity index is 2.03. The van der Waals surface area contributed by atoms with Crippen molar-refractivity contribution in [2.24, 2.45) is 0 Å². The summed E-state index contributed by atoms with van der Waals surface area (Å²) in [5, 5.41) is 0. The van der Waals surface area contributed by atoms with E-state index in [1.165, 1.54) is 5.70 Å². The summed E-state index contributed by atoms with van der Waals surface area (Å²) in [7, 11) is 0. The van der Waals surface area contributed by atoms with Crippen molar-refractivity contribution in [3.63, 3.8) is 0 Å². The molecular formula is C18H15Br2N. The average molecular weight is 405 g/mol. The second-order valence-corrected chi connectivity index (χ2v) is 8.83. The predicted octanol–water partition coefficient (Wildman–Crippen LogP) is 6.15. The molecule has 0 atom stereocenters. The van der Waals surface area contributed by atoms with Crippen LogP contribution in [0.5, 0.6) is 0 Å². The maximum atomic E-state index is 3.65. The number of para-hydroxylation sites is 2. The van der Waals surface area contributed by atoms with Gasteiger partial charge in [-0.15, -0.1) is 0 Å². The Bertz CT molecular complexity index is 621. The molecule has 0 heterocycles. The van der Waals surface area contributed by atoms with E-state index < -0.39 is 0 Å². The number of anilines is 2. The highest BCUT2D eigenvalue weighted by molar-refractivity contribution is 9.25. The lowest BCUT2D eigenvalue weighted by atomic mass is 10.1. The number of rotatable bonds is 3. The molecule has 0 saturated carbocycles.